The van der Waals surface area contributed by atoms with Gasteiger partial charge in [0.05, 0.1) is 6.42 Å². The molecule has 0 aromatic heterocycles. The molecule has 1 aliphatic heterocycles. The second-order valence-electron chi connectivity index (χ2n) is 8.03. The van der Waals surface area contributed by atoms with Gasteiger partial charge < -0.3 is 5.32 Å². The first kappa shape index (κ1) is 27.0. The van der Waals surface area contributed by atoms with Crippen LogP contribution in [0.3, 0.4) is 0 Å². The number of nitrogens with one attached hydrogen (secondary N) is 1. The second kappa shape index (κ2) is 11.4. The Hall–Kier alpha value is -2.62. The number of amides is 2. The third-order valence-corrected chi connectivity index (χ3v) is 5.77. The average Bonchev–Trinajstić information content (AvgIpc) is 3.10. The van der Waals surface area contributed by atoms with Crippen LogP contribution in [0.4, 0.5) is 13.2 Å². The minimum atomic E-state index is -4.33. The summed E-state index contributed by atoms with van der Waals surface area (Å²) in [4.78, 5) is 34.4. The Balaban J connectivity index is 1.83. The number of aliphatic imine (C=N–C) groups is 1. The highest BCUT2D eigenvalue weighted by atomic mass is 35.5. The van der Waals surface area contributed by atoms with Crippen molar-refractivity contribution in [3.05, 3.63) is 68.7 Å². The number of halogens is 5. The molecule has 1 heterocycles. The zero-order valence-corrected chi connectivity index (χ0v) is 20.6. The molecule has 0 aliphatic carbocycles. The maximum absolute atomic E-state index is 12.8. The topological polar surface area (TPSA) is 71.0 Å². The number of alkyl halides is 3. The summed E-state index contributed by atoms with van der Waals surface area (Å²) in [7, 11) is 0. The highest BCUT2D eigenvalue weighted by molar-refractivity contribution is 6.34. The lowest BCUT2D eigenvalue weighted by molar-refractivity contribution is -0.160. The molecule has 1 saturated heterocycles. The molecule has 0 unspecified atom stereocenters. The molecule has 1 atom stereocenters. The van der Waals surface area contributed by atoms with Crippen LogP contribution in [0.2, 0.25) is 10.0 Å². The van der Waals surface area contributed by atoms with Crippen LogP contribution in [-0.2, 0) is 16.1 Å². The van der Waals surface area contributed by atoms with Gasteiger partial charge in [-0.15, -0.1) is 0 Å². The van der Waals surface area contributed by atoms with E-state index in [-0.39, 0.29) is 18.9 Å². The van der Waals surface area contributed by atoms with Crippen LogP contribution in [0.25, 0.3) is 0 Å². The van der Waals surface area contributed by atoms with Crippen LogP contribution >= 0.6 is 23.2 Å². The largest absolute Gasteiger partial charge is 0.390 e. The SMILES string of the molecule is CCN1OC[C@@H](NC(=O)c2ccc(/C(Cc3cc(Cl)cc(Cl)c3)=N/CCC(F)(F)F)cc2C)C1=O. The van der Waals surface area contributed by atoms with E-state index in [1.165, 1.54) is 5.06 Å². The van der Waals surface area contributed by atoms with Crippen LogP contribution in [0, 0.1) is 6.92 Å². The third-order valence-electron chi connectivity index (χ3n) is 5.33. The highest BCUT2D eigenvalue weighted by Gasteiger charge is 2.33. The summed E-state index contributed by atoms with van der Waals surface area (Å²) in [5.74, 6) is -0.777. The first-order valence-electron chi connectivity index (χ1n) is 10.9. The number of carbonyl (C=O) groups is 2. The Morgan fingerprint density at radius 3 is 2.46 bits per heavy atom. The zero-order valence-electron chi connectivity index (χ0n) is 19.1. The van der Waals surface area contributed by atoms with Crippen molar-refractivity contribution in [3.8, 4) is 0 Å². The predicted molar refractivity (Wildman–Crippen MR) is 128 cm³/mol. The van der Waals surface area contributed by atoms with Crippen LogP contribution < -0.4 is 5.32 Å². The van der Waals surface area contributed by atoms with Gasteiger partial charge in [-0.2, -0.15) is 13.2 Å². The van der Waals surface area contributed by atoms with Crippen molar-refractivity contribution in [1.82, 2.24) is 10.4 Å². The van der Waals surface area contributed by atoms with E-state index in [0.717, 1.165) is 0 Å². The minimum absolute atomic E-state index is 0.0494. The average molecular weight is 530 g/mol. The third kappa shape index (κ3) is 7.43. The fourth-order valence-corrected chi connectivity index (χ4v) is 4.20. The van der Waals surface area contributed by atoms with Crippen LogP contribution in [0.1, 0.15) is 40.4 Å². The molecular formula is C24H24Cl2F3N3O3. The molecule has 1 N–H and O–H groups in total. The molecule has 35 heavy (non-hydrogen) atoms. The zero-order chi connectivity index (χ0) is 25.8. The summed E-state index contributed by atoms with van der Waals surface area (Å²) in [6.07, 6.45) is -5.19. The molecule has 0 spiro atoms. The summed E-state index contributed by atoms with van der Waals surface area (Å²) in [6.45, 7) is 3.44. The van der Waals surface area contributed by atoms with Crippen LogP contribution in [0.15, 0.2) is 41.4 Å². The maximum Gasteiger partial charge on any atom is 0.390 e. The Kier molecular flexibility index (Phi) is 8.79. The fourth-order valence-electron chi connectivity index (χ4n) is 3.63. The highest BCUT2D eigenvalue weighted by Crippen LogP contribution is 2.23. The lowest BCUT2D eigenvalue weighted by atomic mass is 9.97. The number of hydrogen-bond acceptors (Lipinski definition) is 4. The molecule has 188 valence electrons. The molecule has 1 fully saturated rings. The van der Waals surface area contributed by atoms with Gasteiger partial charge in [-0.1, -0.05) is 29.3 Å². The number of carbonyl (C=O) groups excluding carboxylic acids is 2. The first-order valence-corrected chi connectivity index (χ1v) is 11.6. The van der Waals surface area contributed by atoms with Crippen molar-refractivity contribution >= 4 is 40.7 Å². The molecule has 1 aliphatic rings. The van der Waals surface area contributed by atoms with E-state index in [1.807, 2.05) is 0 Å². The summed E-state index contributed by atoms with van der Waals surface area (Å²) >= 11 is 12.1. The van der Waals surface area contributed by atoms with Crippen molar-refractivity contribution in [2.45, 2.75) is 38.9 Å². The van der Waals surface area contributed by atoms with Gasteiger partial charge in [-0.3, -0.25) is 19.4 Å². The lowest BCUT2D eigenvalue weighted by Crippen LogP contribution is -2.42. The lowest BCUT2D eigenvalue weighted by Gasteiger charge is -2.14. The molecule has 2 amide bonds. The van der Waals surface area contributed by atoms with Crippen molar-refractivity contribution in [1.29, 1.82) is 0 Å². The van der Waals surface area contributed by atoms with E-state index < -0.39 is 31.1 Å². The van der Waals surface area contributed by atoms with E-state index in [1.54, 1.807) is 50.2 Å². The van der Waals surface area contributed by atoms with Gasteiger partial charge >= 0.3 is 6.18 Å². The Labute approximate surface area is 211 Å². The van der Waals surface area contributed by atoms with E-state index in [4.69, 9.17) is 28.0 Å². The number of hydrogen-bond donors (Lipinski definition) is 1. The van der Waals surface area contributed by atoms with Crippen molar-refractivity contribution in [2.24, 2.45) is 4.99 Å². The van der Waals surface area contributed by atoms with Crippen molar-refractivity contribution in [2.75, 3.05) is 19.7 Å². The van der Waals surface area contributed by atoms with Crippen molar-refractivity contribution in [3.63, 3.8) is 0 Å². The summed E-state index contributed by atoms with van der Waals surface area (Å²) in [5, 5.41) is 4.65. The summed E-state index contributed by atoms with van der Waals surface area (Å²) in [6, 6.07) is 8.97. The quantitative estimate of drug-likeness (QED) is 0.479. The number of rotatable bonds is 8. The molecule has 11 heteroatoms. The van der Waals surface area contributed by atoms with Gasteiger partial charge in [-0.05, 0) is 60.9 Å². The maximum atomic E-state index is 12.8. The van der Waals surface area contributed by atoms with E-state index in [9.17, 15) is 22.8 Å². The fraction of sp³-hybridized carbons (Fsp3) is 0.375. The number of likely N-dealkylation sites (N-methyl/N-ethyl adjacent to an activating group) is 1. The molecule has 0 bridgehead atoms. The smallest absolute Gasteiger partial charge is 0.338 e. The van der Waals surface area contributed by atoms with Crippen LogP contribution in [0.5, 0.6) is 0 Å². The van der Waals surface area contributed by atoms with E-state index in [0.29, 0.717) is 44.6 Å². The molecule has 0 radical (unpaired) electrons. The molecule has 0 saturated carbocycles. The first-order chi connectivity index (χ1) is 16.5. The van der Waals surface area contributed by atoms with Gasteiger partial charge in [0, 0.05) is 40.8 Å². The van der Waals surface area contributed by atoms with Gasteiger partial charge in [0.25, 0.3) is 11.8 Å². The molecule has 6 nitrogen and oxygen atoms in total. The van der Waals surface area contributed by atoms with Gasteiger partial charge in [0.15, 0.2) is 0 Å². The summed E-state index contributed by atoms with van der Waals surface area (Å²) < 4.78 is 38.1. The van der Waals surface area contributed by atoms with Gasteiger partial charge in [0.2, 0.25) is 0 Å². The van der Waals surface area contributed by atoms with E-state index in [2.05, 4.69) is 10.3 Å². The number of aryl methyl sites for hydroxylation is 1. The van der Waals surface area contributed by atoms with Crippen molar-refractivity contribution < 1.29 is 27.6 Å². The molecule has 2 aromatic carbocycles. The Morgan fingerprint density at radius 1 is 1.20 bits per heavy atom. The Morgan fingerprint density at radius 2 is 1.89 bits per heavy atom. The number of nitrogens with zero attached hydrogens (tertiary/aromatic N) is 2. The predicted octanol–water partition coefficient (Wildman–Crippen LogP) is 5.18. The normalized spacial score (nSPS) is 16.7. The molecular weight excluding hydrogens is 506 g/mol. The monoisotopic (exact) mass is 529 g/mol. The minimum Gasteiger partial charge on any atom is -0.338 e. The van der Waals surface area contributed by atoms with Gasteiger partial charge in [0.1, 0.15) is 12.6 Å². The standard InChI is InChI=1S/C24H24Cl2F3N3O3/c1-3-32-23(34)21(13-35-32)31-22(33)19-5-4-16(8-14(19)2)20(30-7-6-24(27,28)29)11-15-9-17(25)12-18(26)10-15/h4-5,8-10,12,21H,3,6-7,11,13H2,1-2H3,(H,31,33)/b30-20+/t21-/m1/s1. The second-order valence-corrected chi connectivity index (χ2v) is 8.91. The Bertz CT molecular complexity index is 1120. The molecule has 3 rings (SSSR count). The summed E-state index contributed by atoms with van der Waals surface area (Å²) in [5.41, 5.74) is 2.56. The van der Waals surface area contributed by atoms with Crippen LogP contribution in [-0.4, -0.2) is 54.5 Å². The van der Waals surface area contributed by atoms with Gasteiger partial charge in [-0.25, -0.2) is 5.06 Å². The number of benzene rings is 2. The molecule has 2 aromatic rings. The number of hydroxylamine groups is 2. The van der Waals surface area contributed by atoms with E-state index >= 15 is 0 Å².